The molecule has 1 atom stereocenters. The molecule has 0 radical (unpaired) electrons. The minimum Gasteiger partial charge on any atom is -0.355 e. The van der Waals surface area contributed by atoms with Crippen LogP contribution in [-0.4, -0.2) is 53.4 Å². The quantitative estimate of drug-likeness (QED) is 0.367. The summed E-state index contributed by atoms with van der Waals surface area (Å²) in [5.41, 5.74) is 2.59. The van der Waals surface area contributed by atoms with E-state index in [2.05, 4.69) is 76.0 Å². The zero-order valence-electron chi connectivity index (χ0n) is 17.1. The lowest BCUT2D eigenvalue weighted by atomic mass is 10.0. The van der Waals surface area contributed by atoms with E-state index in [1.165, 1.54) is 11.1 Å². The molecule has 0 bridgehead atoms. The zero-order valence-corrected chi connectivity index (χ0v) is 19.5. The number of piperidine rings is 1. The zero-order chi connectivity index (χ0) is 19.1. The van der Waals surface area contributed by atoms with Crippen molar-refractivity contribution in [2.75, 3.05) is 26.7 Å². The number of halogens is 1. The molecule has 1 fully saturated rings. The number of guanidine groups is 1. The normalized spacial score (nSPS) is 17.0. The summed E-state index contributed by atoms with van der Waals surface area (Å²) >= 11 is 0. The van der Waals surface area contributed by atoms with Gasteiger partial charge in [-0.25, -0.2) is 0 Å². The number of nitrogens with zero attached hydrogens (tertiary/aromatic N) is 4. The molecule has 0 saturated carbocycles. The highest BCUT2D eigenvalue weighted by molar-refractivity contribution is 14.0. The van der Waals surface area contributed by atoms with Crippen LogP contribution in [0.4, 0.5) is 0 Å². The van der Waals surface area contributed by atoms with E-state index in [1.54, 1.807) is 0 Å². The van der Waals surface area contributed by atoms with Gasteiger partial charge < -0.3 is 10.6 Å². The van der Waals surface area contributed by atoms with E-state index < -0.39 is 0 Å². The number of aromatic nitrogens is 2. The average molecular weight is 496 g/mol. The van der Waals surface area contributed by atoms with Crippen LogP contribution in [0.2, 0.25) is 0 Å². The van der Waals surface area contributed by atoms with E-state index in [4.69, 9.17) is 0 Å². The molecule has 1 aromatic carbocycles. The maximum absolute atomic E-state index is 4.37. The highest BCUT2D eigenvalue weighted by Gasteiger charge is 2.23. The summed E-state index contributed by atoms with van der Waals surface area (Å²) < 4.78 is 1.96. The Bertz CT molecular complexity index is 722. The predicted molar refractivity (Wildman–Crippen MR) is 126 cm³/mol. The summed E-state index contributed by atoms with van der Waals surface area (Å²) in [7, 11) is 1.83. The molecule has 1 aromatic heterocycles. The summed E-state index contributed by atoms with van der Waals surface area (Å²) in [6.45, 7) is 8.23. The Kier molecular flexibility index (Phi) is 9.24. The molecule has 1 aliphatic heterocycles. The first kappa shape index (κ1) is 22.7. The van der Waals surface area contributed by atoms with E-state index in [1.807, 2.05) is 17.9 Å². The molecular weight excluding hydrogens is 463 g/mol. The molecule has 2 heterocycles. The molecule has 7 heteroatoms. The summed E-state index contributed by atoms with van der Waals surface area (Å²) in [6.07, 6.45) is 6.21. The lowest BCUT2D eigenvalue weighted by molar-refractivity contribution is 0.158. The van der Waals surface area contributed by atoms with Crippen molar-refractivity contribution in [3.05, 3.63) is 53.9 Å². The Morgan fingerprint density at radius 3 is 2.57 bits per heavy atom. The van der Waals surface area contributed by atoms with Crippen molar-refractivity contribution in [3.8, 4) is 0 Å². The van der Waals surface area contributed by atoms with Crippen LogP contribution in [0.15, 0.2) is 47.7 Å². The Labute approximate surface area is 185 Å². The number of hydrogen-bond donors (Lipinski definition) is 2. The molecule has 1 saturated heterocycles. The van der Waals surface area contributed by atoms with Gasteiger partial charge in [0.2, 0.25) is 0 Å². The molecule has 154 valence electrons. The van der Waals surface area contributed by atoms with Crippen LogP contribution in [0.3, 0.4) is 0 Å². The first-order valence-electron chi connectivity index (χ1n) is 9.91. The van der Waals surface area contributed by atoms with Crippen molar-refractivity contribution in [3.63, 3.8) is 0 Å². The minimum atomic E-state index is 0. The van der Waals surface area contributed by atoms with Crippen molar-refractivity contribution < 1.29 is 0 Å². The second kappa shape index (κ2) is 11.4. The summed E-state index contributed by atoms with van der Waals surface area (Å²) in [5.74, 6) is 0.883. The van der Waals surface area contributed by atoms with Gasteiger partial charge in [-0.3, -0.25) is 14.6 Å². The Morgan fingerprint density at radius 1 is 1.25 bits per heavy atom. The van der Waals surface area contributed by atoms with Crippen molar-refractivity contribution in [1.29, 1.82) is 0 Å². The van der Waals surface area contributed by atoms with Crippen LogP contribution in [-0.2, 0) is 6.54 Å². The van der Waals surface area contributed by atoms with Gasteiger partial charge in [-0.1, -0.05) is 30.3 Å². The van der Waals surface area contributed by atoms with Crippen LogP contribution >= 0.6 is 24.0 Å². The molecule has 6 nitrogen and oxygen atoms in total. The van der Waals surface area contributed by atoms with E-state index in [9.17, 15) is 0 Å². The fourth-order valence-electron chi connectivity index (χ4n) is 3.64. The van der Waals surface area contributed by atoms with Crippen LogP contribution < -0.4 is 10.6 Å². The minimum absolute atomic E-state index is 0. The molecule has 2 N–H and O–H groups in total. The Hall–Kier alpha value is -1.61. The second-order valence-corrected chi connectivity index (χ2v) is 7.32. The Morgan fingerprint density at radius 2 is 1.96 bits per heavy atom. The summed E-state index contributed by atoms with van der Waals surface area (Å²) in [5, 5.41) is 11.3. The van der Waals surface area contributed by atoms with Crippen molar-refractivity contribution in [2.45, 2.75) is 45.3 Å². The number of hydrogen-bond acceptors (Lipinski definition) is 3. The number of likely N-dealkylation sites (tertiary alicyclic amines) is 1. The molecule has 0 amide bonds. The van der Waals surface area contributed by atoms with Crippen LogP contribution in [0.25, 0.3) is 0 Å². The van der Waals surface area contributed by atoms with E-state index in [-0.39, 0.29) is 24.0 Å². The fourth-order valence-corrected chi connectivity index (χ4v) is 3.64. The van der Waals surface area contributed by atoms with Crippen LogP contribution in [0.1, 0.15) is 36.9 Å². The van der Waals surface area contributed by atoms with Gasteiger partial charge in [-0.15, -0.1) is 24.0 Å². The van der Waals surface area contributed by atoms with Gasteiger partial charge in [0.15, 0.2) is 5.96 Å². The van der Waals surface area contributed by atoms with E-state index in [0.29, 0.717) is 12.1 Å². The fraction of sp³-hybridized carbons (Fsp3) is 0.524. The smallest absolute Gasteiger partial charge is 0.191 e. The largest absolute Gasteiger partial charge is 0.355 e. The lowest BCUT2D eigenvalue weighted by Crippen LogP contribution is -2.49. The number of aryl methyl sites for hydroxylation is 1. The highest BCUT2D eigenvalue weighted by atomic mass is 127. The second-order valence-electron chi connectivity index (χ2n) is 7.32. The van der Waals surface area contributed by atoms with Gasteiger partial charge in [0.25, 0.3) is 0 Å². The third-order valence-corrected chi connectivity index (χ3v) is 5.32. The maximum atomic E-state index is 4.37. The first-order chi connectivity index (χ1) is 13.2. The molecular formula is C21H33IN6. The highest BCUT2D eigenvalue weighted by Crippen LogP contribution is 2.23. The van der Waals surface area contributed by atoms with E-state index in [0.717, 1.165) is 45.0 Å². The molecule has 0 spiro atoms. The van der Waals surface area contributed by atoms with Crippen molar-refractivity contribution in [2.24, 2.45) is 4.99 Å². The molecule has 3 rings (SSSR count). The third-order valence-electron chi connectivity index (χ3n) is 5.32. The van der Waals surface area contributed by atoms with Gasteiger partial charge in [0, 0.05) is 45.0 Å². The van der Waals surface area contributed by atoms with Crippen LogP contribution in [0, 0.1) is 6.92 Å². The SMILES string of the molecule is CN=C(NCCn1cc(C)cn1)NC1CCN(C(C)c2ccccc2)CC1.I. The van der Waals surface area contributed by atoms with Gasteiger partial charge in [0.1, 0.15) is 0 Å². The van der Waals surface area contributed by atoms with Gasteiger partial charge in [0.05, 0.1) is 12.7 Å². The topological polar surface area (TPSA) is 57.5 Å². The van der Waals surface area contributed by atoms with Crippen molar-refractivity contribution in [1.82, 2.24) is 25.3 Å². The predicted octanol–water partition coefficient (Wildman–Crippen LogP) is 3.20. The monoisotopic (exact) mass is 496 g/mol. The molecule has 1 unspecified atom stereocenters. The van der Waals surface area contributed by atoms with E-state index >= 15 is 0 Å². The Balaban J connectivity index is 0.00000280. The number of aliphatic imine (C=N–C) groups is 1. The van der Waals surface area contributed by atoms with Gasteiger partial charge >= 0.3 is 0 Å². The molecule has 28 heavy (non-hydrogen) atoms. The van der Waals surface area contributed by atoms with Crippen LogP contribution in [0.5, 0.6) is 0 Å². The summed E-state index contributed by atoms with van der Waals surface area (Å²) in [4.78, 5) is 6.94. The standard InChI is InChI=1S/C21H32N6.HI/c1-17-15-24-27(16-17)14-11-23-21(22-3)25-20-9-12-26(13-10-20)18(2)19-7-5-4-6-8-19;/h4-8,15-16,18,20H,9-14H2,1-3H3,(H2,22,23,25);1H. The molecule has 0 aliphatic carbocycles. The maximum Gasteiger partial charge on any atom is 0.191 e. The molecule has 2 aromatic rings. The average Bonchev–Trinajstić information content (AvgIpc) is 3.13. The van der Waals surface area contributed by atoms with Gasteiger partial charge in [-0.2, -0.15) is 5.10 Å². The lowest BCUT2D eigenvalue weighted by Gasteiger charge is -2.37. The van der Waals surface area contributed by atoms with Gasteiger partial charge in [-0.05, 0) is 37.8 Å². The van der Waals surface area contributed by atoms with Crippen molar-refractivity contribution >= 4 is 29.9 Å². The molecule has 1 aliphatic rings. The third kappa shape index (κ3) is 6.48. The number of benzene rings is 1. The number of nitrogens with one attached hydrogen (secondary N) is 2. The summed E-state index contributed by atoms with van der Waals surface area (Å²) in [6, 6.07) is 11.7. The first-order valence-corrected chi connectivity index (χ1v) is 9.91. The number of rotatable bonds is 6.